The second-order valence-electron chi connectivity index (χ2n) is 10.6. The predicted octanol–water partition coefficient (Wildman–Crippen LogP) is 6.37. The number of hydrogen-bond acceptors (Lipinski definition) is 5. The number of piperidine rings is 1. The maximum atomic E-state index is 12.8. The van der Waals surface area contributed by atoms with Crippen molar-refractivity contribution in [2.45, 2.75) is 57.2 Å². The van der Waals surface area contributed by atoms with Crippen molar-refractivity contribution in [2.24, 2.45) is 0 Å². The number of carbonyl (C=O) groups is 2. The minimum absolute atomic E-state index is 0.0591. The highest BCUT2D eigenvalue weighted by atomic mass is 16.5. The van der Waals surface area contributed by atoms with Crippen LogP contribution < -0.4 is 0 Å². The van der Waals surface area contributed by atoms with Crippen molar-refractivity contribution in [3.8, 4) is 0 Å². The first-order valence-electron chi connectivity index (χ1n) is 13.6. The lowest BCUT2D eigenvalue weighted by molar-refractivity contribution is -0.146. The molecule has 1 heterocycles. The topological polar surface area (TPSA) is 55.8 Å². The summed E-state index contributed by atoms with van der Waals surface area (Å²) < 4.78 is 11.6. The Hall–Kier alpha value is -3.28. The molecular weight excluding hydrogens is 486 g/mol. The molecule has 200 valence electrons. The number of benzene rings is 3. The Bertz CT molecular complexity index is 1130. The van der Waals surface area contributed by atoms with Crippen molar-refractivity contribution in [3.05, 3.63) is 107 Å². The molecule has 5 heteroatoms. The normalized spacial score (nSPS) is 15.7. The Morgan fingerprint density at radius 1 is 1.00 bits per heavy atom. The van der Waals surface area contributed by atoms with Gasteiger partial charge in [0, 0.05) is 25.1 Å². The van der Waals surface area contributed by atoms with Crippen LogP contribution in [0.2, 0.25) is 0 Å². The Kier molecular flexibility index (Phi) is 9.48. The maximum absolute atomic E-state index is 12.8. The smallest absolute Gasteiger partial charge is 0.315 e. The lowest BCUT2D eigenvalue weighted by atomic mass is 9.84. The Morgan fingerprint density at radius 2 is 1.66 bits per heavy atom. The maximum Gasteiger partial charge on any atom is 0.315 e. The SMILES string of the molecule is COC(=O)C(C)(C)c1ccc(C(=O)CCCN2CCC(OC(c3ccccc3)[14c]3[14cH][14cH][14cH][14cH][14cH]3)CC2)cc1. The lowest BCUT2D eigenvalue weighted by Gasteiger charge is -2.34. The number of methoxy groups -OCH3 is 1. The molecule has 4 rings (SSSR count). The minimum atomic E-state index is -0.742. The number of ketones is 1. The minimum Gasteiger partial charge on any atom is -0.468 e. The zero-order valence-corrected chi connectivity index (χ0v) is 22.8. The van der Waals surface area contributed by atoms with Gasteiger partial charge in [-0.2, -0.15) is 0 Å². The Morgan fingerprint density at radius 3 is 2.29 bits per heavy atom. The van der Waals surface area contributed by atoms with E-state index < -0.39 is 5.41 Å². The fourth-order valence-electron chi connectivity index (χ4n) is 5.12. The van der Waals surface area contributed by atoms with Gasteiger partial charge in [-0.1, -0.05) is 84.9 Å². The van der Waals surface area contributed by atoms with Gasteiger partial charge in [-0.05, 0) is 56.3 Å². The van der Waals surface area contributed by atoms with E-state index in [0.717, 1.165) is 44.5 Å². The standard InChI is InChI=1S/C33H39NO4/c1-33(2,32(36)37-3)28-18-16-25(17-19-28)30(35)15-10-22-34-23-20-29(21-24-34)38-31(26-11-6-4-7-12-26)27-13-8-5-9-14-27/h4-9,11-14,16-19,29,31H,10,15,20-24H2,1-3H3/i4+2,6+2,7+2,11+2,12+2,26+2. The molecular formula is C33H39NO4. The van der Waals surface area contributed by atoms with E-state index in [1.54, 1.807) is 0 Å². The van der Waals surface area contributed by atoms with E-state index in [0.29, 0.717) is 12.0 Å². The van der Waals surface area contributed by atoms with Gasteiger partial charge < -0.3 is 14.4 Å². The molecule has 1 unspecified atom stereocenters. The van der Waals surface area contributed by atoms with E-state index in [1.807, 2.05) is 50.2 Å². The van der Waals surface area contributed by atoms with E-state index in [2.05, 4.69) is 53.4 Å². The van der Waals surface area contributed by atoms with Gasteiger partial charge in [-0.15, -0.1) is 0 Å². The third kappa shape index (κ3) is 6.97. The number of ether oxygens (including phenoxy) is 2. The molecule has 0 N–H and O–H groups in total. The van der Waals surface area contributed by atoms with Gasteiger partial charge in [0.05, 0.1) is 18.6 Å². The van der Waals surface area contributed by atoms with Crippen LogP contribution >= 0.6 is 0 Å². The lowest BCUT2D eigenvalue weighted by Crippen LogP contribution is -2.38. The van der Waals surface area contributed by atoms with Crippen LogP contribution in [0.5, 0.6) is 0 Å². The molecule has 0 saturated carbocycles. The fraction of sp³-hybridized carbons (Fsp3) is 0.394. The van der Waals surface area contributed by atoms with Crippen molar-refractivity contribution >= 4 is 11.8 Å². The zero-order valence-electron chi connectivity index (χ0n) is 22.8. The van der Waals surface area contributed by atoms with E-state index in [9.17, 15) is 9.59 Å². The van der Waals surface area contributed by atoms with Crippen LogP contribution in [-0.4, -0.2) is 49.5 Å². The number of carbonyl (C=O) groups excluding carboxylic acids is 2. The van der Waals surface area contributed by atoms with Gasteiger partial charge in [0.1, 0.15) is 6.10 Å². The Balaban J connectivity index is 1.24. The van der Waals surface area contributed by atoms with E-state index >= 15 is 0 Å². The molecule has 1 fully saturated rings. The molecule has 5 nitrogen and oxygen atoms in total. The van der Waals surface area contributed by atoms with Gasteiger partial charge in [-0.25, -0.2) is 0 Å². The van der Waals surface area contributed by atoms with Crippen molar-refractivity contribution in [1.29, 1.82) is 0 Å². The predicted molar refractivity (Wildman–Crippen MR) is 150 cm³/mol. The summed E-state index contributed by atoms with van der Waals surface area (Å²) in [7, 11) is 1.39. The van der Waals surface area contributed by atoms with Crippen molar-refractivity contribution in [1.82, 2.24) is 4.90 Å². The van der Waals surface area contributed by atoms with Crippen molar-refractivity contribution in [2.75, 3.05) is 26.7 Å². The molecule has 38 heavy (non-hydrogen) atoms. The van der Waals surface area contributed by atoms with Gasteiger partial charge in [0.15, 0.2) is 5.78 Å². The van der Waals surface area contributed by atoms with Gasteiger partial charge in [0.25, 0.3) is 0 Å². The summed E-state index contributed by atoms with van der Waals surface area (Å²) in [5, 5.41) is 0. The second-order valence-corrected chi connectivity index (χ2v) is 10.6. The highest BCUT2D eigenvalue weighted by molar-refractivity contribution is 5.96. The molecule has 3 aromatic carbocycles. The van der Waals surface area contributed by atoms with E-state index in [-0.39, 0.29) is 24.0 Å². The molecule has 0 aliphatic carbocycles. The molecule has 1 saturated heterocycles. The molecule has 1 aliphatic heterocycles. The number of Topliss-reactive ketones (excluding diaryl/α,β-unsaturated/α-hetero) is 1. The average molecular weight is 526 g/mol. The van der Waals surface area contributed by atoms with Crippen LogP contribution in [0, 0.1) is 0 Å². The summed E-state index contributed by atoms with van der Waals surface area (Å²) in [6.45, 7) is 6.52. The highest BCUT2D eigenvalue weighted by Gasteiger charge is 2.31. The van der Waals surface area contributed by atoms with Gasteiger partial charge in [0.2, 0.25) is 0 Å². The summed E-state index contributed by atoms with van der Waals surface area (Å²) in [6, 6.07) is 28.2. The quantitative estimate of drug-likeness (QED) is 0.215. The van der Waals surface area contributed by atoms with E-state index in [1.165, 1.54) is 18.2 Å². The van der Waals surface area contributed by atoms with Crippen LogP contribution in [0.15, 0.2) is 84.9 Å². The first-order chi connectivity index (χ1) is 18.4. The van der Waals surface area contributed by atoms with Crippen LogP contribution in [-0.2, 0) is 19.7 Å². The zero-order chi connectivity index (χ0) is 27.0. The first kappa shape index (κ1) is 27.7. The number of nitrogens with zero attached hydrogens (tertiary/aromatic N) is 1. The van der Waals surface area contributed by atoms with Crippen LogP contribution in [0.4, 0.5) is 0 Å². The largest absolute Gasteiger partial charge is 0.468 e. The van der Waals surface area contributed by atoms with Crippen LogP contribution in [0.1, 0.15) is 72.7 Å². The molecule has 0 amide bonds. The fourth-order valence-corrected chi connectivity index (χ4v) is 5.12. The number of hydrogen-bond donors (Lipinski definition) is 0. The second kappa shape index (κ2) is 13.0. The number of likely N-dealkylation sites (tertiary alicyclic amines) is 1. The third-order valence-electron chi connectivity index (χ3n) is 7.57. The summed E-state index contributed by atoms with van der Waals surface area (Å²) in [4.78, 5) is 27.2. The average Bonchev–Trinajstić information content (AvgIpc) is 2.97. The van der Waals surface area contributed by atoms with E-state index in [4.69, 9.17) is 9.47 Å². The molecule has 1 aliphatic rings. The summed E-state index contributed by atoms with van der Waals surface area (Å²) in [5.41, 5.74) is 3.15. The van der Waals surface area contributed by atoms with Crippen molar-refractivity contribution in [3.63, 3.8) is 0 Å². The molecule has 0 aromatic heterocycles. The molecule has 0 spiro atoms. The number of esters is 1. The van der Waals surface area contributed by atoms with Crippen molar-refractivity contribution < 1.29 is 19.1 Å². The molecule has 0 radical (unpaired) electrons. The van der Waals surface area contributed by atoms with Crippen LogP contribution in [0.25, 0.3) is 0 Å². The highest BCUT2D eigenvalue weighted by Crippen LogP contribution is 2.30. The summed E-state index contributed by atoms with van der Waals surface area (Å²) in [5.74, 6) is -0.152. The molecule has 1 atom stereocenters. The number of rotatable bonds is 11. The Labute approximate surface area is 226 Å². The summed E-state index contributed by atoms with van der Waals surface area (Å²) in [6.07, 6.45) is 3.47. The summed E-state index contributed by atoms with van der Waals surface area (Å²) >= 11 is 0. The third-order valence-corrected chi connectivity index (χ3v) is 7.57. The van der Waals surface area contributed by atoms with Crippen LogP contribution in [0.3, 0.4) is 0 Å². The van der Waals surface area contributed by atoms with Gasteiger partial charge in [-0.3, -0.25) is 9.59 Å². The van der Waals surface area contributed by atoms with Gasteiger partial charge >= 0.3 is 5.97 Å². The molecule has 3 aromatic rings. The molecule has 0 bridgehead atoms. The first-order valence-corrected chi connectivity index (χ1v) is 13.6. The monoisotopic (exact) mass is 525 g/mol.